The third-order valence-electron chi connectivity index (χ3n) is 4.05. The molecule has 9 nitrogen and oxygen atoms in total. The summed E-state index contributed by atoms with van der Waals surface area (Å²) in [5.74, 6) is 1.17. The monoisotopic (exact) mass is 381 g/mol. The lowest BCUT2D eigenvalue weighted by molar-refractivity contribution is 0.0997. The summed E-state index contributed by atoms with van der Waals surface area (Å²) in [7, 11) is 3.69. The number of rotatable bonds is 6. The molecule has 28 heavy (non-hydrogen) atoms. The van der Waals surface area contributed by atoms with Crippen molar-refractivity contribution in [3.63, 3.8) is 0 Å². The van der Waals surface area contributed by atoms with Crippen molar-refractivity contribution in [3.8, 4) is 0 Å². The summed E-state index contributed by atoms with van der Waals surface area (Å²) >= 11 is 0. The minimum Gasteiger partial charge on any atom is -0.418 e. The molecular weight excluding hydrogens is 358 g/mol. The number of para-hydroxylation sites is 1. The Bertz CT molecular complexity index is 977. The lowest BCUT2D eigenvalue weighted by Gasteiger charge is -2.12. The molecule has 0 aliphatic rings. The van der Waals surface area contributed by atoms with E-state index < -0.39 is 0 Å². The van der Waals surface area contributed by atoms with E-state index in [2.05, 4.69) is 30.6 Å². The van der Waals surface area contributed by atoms with Crippen LogP contribution >= 0.6 is 0 Å². The van der Waals surface area contributed by atoms with Gasteiger partial charge in [0.05, 0.1) is 6.20 Å². The van der Waals surface area contributed by atoms with Gasteiger partial charge in [-0.15, -0.1) is 0 Å². The highest BCUT2D eigenvalue weighted by Gasteiger charge is 2.16. The van der Waals surface area contributed by atoms with Crippen LogP contribution in [0.2, 0.25) is 0 Å². The van der Waals surface area contributed by atoms with Gasteiger partial charge in [0, 0.05) is 26.2 Å². The number of hydrogen-bond donors (Lipinski definition) is 2. The number of carbonyl (C=O) groups excluding carboxylic acids is 1. The third-order valence-corrected chi connectivity index (χ3v) is 4.05. The topological polar surface area (TPSA) is 109 Å². The van der Waals surface area contributed by atoms with E-state index in [0.717, 1.165) is 16.8 Å². The number of oxazole rings is 1. The highest BCUT2D eigenvalue weighted by molar-refractivity contribution is 6.03. The van der Waals surface area contributed by atoms with Crippen molar-refractivity contribution < 1.29 is 9.21 Å². The first kappa shape index (κ1) is 19.3. The van der Waals surface area contributed by atoms with Crippen molar-refractivity contribution >= 4 is 29.5 Å². The Morgan fingerprint density at radius 2 is 1.86 bits per heavy atom. The zero-order valence-electron chi connectivity index (χ0n) is 16.6. The molecule has 9 heteroatoms. The Kier molecular flexibility index (Phi) is 5.53. The lowest BCUT2D eigenvalue weighted by Crippen LogP contribution is -2.16. The Labute approximate surface area is 163 Å². The summed E-state index contributed by atoms with van der Waals surface area (Å²) in [5, 5.41) is 5.76. The molecule has 2 N–H and O–H groups in total. The van der Waals surface area contributed by atoms with Crippen LogP contribution in [0.15, 0.2) is 28.8 Å². The number of anilines is 4. The summed E-state index contributed by atoms with van der Waals surface area (Å²) < 4.78 is 5.53. The van der Waals surface area contributed by atoms with Crippen LogP contribution in [0.1, 0.15) is 34.4 Å². The molecule has 0 unspecified atom stereocenters. The van der Waals surface area contributed by atoms with Crippen molar-refractivity contribution in [2.75, 3.05) is 29.6 Å². The van der Waals surface area contributed by atoms with Crippen LogP contribution in [-0.4, -0.2) is 39.9 Å². The molecule has 0 fully saturated rings. The zero-order chi connectivity index (χ0) is 20.3. The van der Waals surface area contributed by atoms with Gasteiger partial charge in [-0.2, -0.15) is 15.0 Å². The molecule has 0 saturated heterocycles. The van der Waals surface area contributed by atoms with E-state index in [1.807, 2.05) is 53.1 Å². The highest BCUT2D eigenvalue weighted by Crippen LogP contribution is 2.21. The largest absolute Gasteiger partial charge is 0.418 e. The van der Waals surface area contributed by atoms with Crippen molar-refractivity contribution in [1.29, 1.82) is 0 Å². The van der Waals surface area contributed by atoms with E-state index in [1.165, 1.54) is 6.20 Å². The molecule has 3 rings (SSSR count). The van der Waals surface area contributed by atoms with E-state index in [4.69, 9.17) is 4.42 Å². The maximum Gasteiger partial charge on any atom is 0.302 e. The molecular formula is C19H23N7O2. The molecule has 0 radical (unpaired) electrons. The van der Waals surface area contributed by atoms with Gasteiger partial charge in [-0.25, -0.2) is 4.98 Å². The standard InChI is InChI=1S/C19H23N7O2/c1-6-14-21-17(24-18(22-14)26(4)5)25-19-20-10-13(28-19)16(27)23-15-11(2)8-7-9-12(15)3/h7-10H,6H2,1-5H3,(H,23,27)(H,20,21,22,24,25). The Morgan fingerprint density at radius 1 is 1.14 bits per heavy atom. The number of aromatic nitrogens is 4. The molecule has 0 atom stereocenters. The molecule has 0 bridgehead atoms. The van der Waals surface area contributed by atoms with E-state index in [-0.39, 0.29) is 17.7 Å². The lowest BCUT2D eigenvalue weighted by atomic mass is 10.1. The van der Waals surface area contributed by atoms with Crippen LogP contribution in [0, 0.1) is 13.8 Å². The normalized spacial score (nSPS) is 10.6. The molecule has 0 aliphatic carbocycles. The molecule has 2 heterocycles. The van der Waals surface area contributed by atoms with Crippen LogP contribution in [0.5, 0.6) is 0 Å². The fraction of sp³-hybridized carbons (Fsp3) is 0.316. The molecule has 3 aromatic rings. The van der Waals surface area contributed by atoms with Crippen LogP contribution in [-0.2, 0) is 6.42 Å². The molecule has 1 aromatic carbocycles. The molecule has 0 saturated carbocycles. The van der Waals surface area contributed by atoms with E-state index >= 15 is 0 Å². The fourth-order valence-electron chi connectivity index (χ4n) is 2.54. The number of hydrogen-bond acceptors (Lipinski definition) is 8. The van der Waals surface area contributed by atoms with Gasteiger partial charge in [0.25, 0.3) is 5.91 Å². The van der Waals surface area contributed by atoms with Crippen LogP contribution in [0.25, 0.3) is 0 Å². The Balaban J connectivity index is 1.77. The first-order valence-corrected chi connectivity index (χ1v) is 8.90. The van der Waals surface area contributed by atoms with E-state index in [0.29, 0.717) is 24.1 Å². The second-order valence-corrected chi connectivity index (χ2v) is 6.50. The van der Waals surface area contributed by atoms with Crippen molar-refractivity contribution in [2.24, 2.45) is 0 Å². The zero-order valence-corrected chi connectivity index (χ0v) is 16.6. The van der Waals surface area contributed by atoms with Gasteiger partial charge in [0.1, 0.15) is 5.82 Å². The smallest absolute Gasteiger partial charge is 0.302 e. The quantitative estimate of drug-likeness (QED) is 0.670. The average Bonchev–Trinajstić information content (AvgIpc) is 3.13. The summed E-state index contributed by atoms with van der Waals surface area (Å²) in [4.78, 5) is 31.4. The number of aryl methyl sites for hydroxylation is 3. The van der Waals surface area contributed by atoms with Crippen molar-refractivity contribution in [2.45, 2.75) is 27.2 Å². The van der Waals surface area contributed by atoms with Crippen LogP contribution < -0.4 is 15.5 Å². The number of carbonyl (C=O) groups is 1. The number of amides is 1. The van der Waals surface area contributed by atoms with Gasteiger partial charge in [-0.05, 0) is 25.0 Å². The second kappa shape index (κ2) is 8.03. The molecule has 146 valence electrons. The maximum atomic E-state index is 12.5. The summed E-state index contributed by atoms with van der Waals surface area (Å²) in [6.45, 7) is 5.83. The molecule has 1 amide bonds. The van der Waals surface area contributed by atoms with Gasteiger partial charge >= 0.3 is 6.01 Å². The van der Waals surface area contributed by atoms with Crippen molar-refractivity contribution in [3.05, 3.63) is 47.1 Å². The van der Waals surface area contributed by atoms with Crippen LogP contribution in [0.4, 0.5) is 23.6 Å². The second-order valence-electron chi connectivity index (χ2n) is 6.50. The first-order valence-electron chi connectivity index (χ1n) is 8.90. The SMILES string of the molecule is CCc1nc(Nc2ncc(C(=O)Nc3c(C)cccc3C)o2)nc(N(C)C)n1. The van der Waals surface area contributed by atoms with E-state index in [9.17, 15) is 4.79 Å². The van der Waals surface area contributed by atoms with Gasteiger partial charge in [-0.3, -0.25) is 10.1 Å². The summed E-state index contributed by atoms with van der Waals surface area (Å²) in [5.41, 5.74) is 2.71. The molecule has 0 spiro atoms. The number of benzene rings is 1. The van der Waals surface area contributed by atoms with E-state index in [1.54, 1.807) is 4.90 Å². The number of nitrogens with zero attached hydrogens (tertiary/aromatic N) is 5. The third kappa shape index (κ3) is 4.25. The average molecular weight is 381 g/mol. The predicted octanol–water partition coefficient (Wildman–Crippen LogP) is 3.10. The summed E-state index contributed by atoms with van der Waals surface area (Å²) in [6.07, 6.45) is 2.02. The van der Waals surface area contributed by atoms with Gasteiger partial charge < -0.3 is 14.6 Å². The number of nitrogens with one attached hydrogen (secondary N) is 2. The first-order chi connectivity index (χ1) is 13.4. The van der Waals surface area contributed by atoms with Crippen molar-refractivity contribution in [1.82, 2.24) is 19.9 Å². The van der Waals surface area contributed by atoms with Gasteiger partial charge in [0.2, 0.25) is 17.7 Å². The highest BCUT2D eigenvalue weighted by atomic mass is 16.4. The predicted molar refractivity (Wildman–Crippen MR) is 107 cm³/mol. The minimum atomic E-state index is -0.378. The van der Waals surface area contributed by atoms with Crippen LogP contribution in [0.3, 0.4) is 0 Å². The fourth-order valence-corrected chi connectivity index (χ4v) is 2.54. The molecule has 0 aliphatic heterocycles. The molecule has 2 aromatic heterocycles. The Hall–Kier alpha value is -3.49. The minimum absolute atomic E-state index is 0.0859. The Morgan fingerprint density at radius 3 is 2.50 bits per heavy atom. The van der Waals surface area contributed by atoms with Gasteiger partial charge in [0.15, 0.2) is 0 Å². The maximum absolute atomic E-state index is 12.5. The van der Waals surface area contributed by atoms with Gasteiger partial charge in [-0.1, -0.05) is 25.1 Å². The summed E-state index contributed by atoms with van der Waals surface area (Å²) in [6, 6.07) is 5.94.